The van der Waals surface area contributed by atoms with Gasteiger partial charge in [0.15, 0.2) is 0 Å². The van der Waals surface area contributed by atoms with Gasteiger partial charge in [-0.25, -0.2) is 4.79 Å². The summed E-state index contributed by atoms with van der Waals surface area (Å²) >= 11 is 0. The van der Waals surface area contributed by atoms with E-state index in [1.807, 2.05) is 24.3 Å². The zero-order valence-electron chi connectivity index (χ0n) is 12.3. The first-order valence-corrected chi connectivity index (χ1v) is 7.54. The van der Waals surface area contributed by atoms with Crippen LogP contribution >= 0.6 is 0 Å². The highest BCUT2D eigenvalue weighted by atomic mass is 16.5. The number of esters is 1. The Labute approximate surface area is 117 Å². The van der Waals surface area contributed by atoms with Crippen molar-refractivity contribution in [3.8, 4) is 0 Å². The summed E-state index contributed by atoms with van der Waals surface area (Å²) in [7, 11) is 0. The van der Waals surface area contributed by atoms with Gasteiger partial charge >= 0.3 is 5.97 Å². The number of carbonyl (C=O) groups is 1. The predicted molar refractivity (Wildman–Crippen MR) is 79.5 cm³/mol. The first kappa shape index (κ1) is 15.7. The second kappa shape index (κ2) is 9.60. The molecule has 1 aromatic carbocycles. The van der Waals surface area contributed by atoms with Gasteiger partial charge in [-0.15, -0.1) is 0 Å². The molecule has 0 aliphatic rings. The van der Waals surface area contributed by atoms with Crippen LogP contribution in [0.2, 0.25) is 0 Å². The molecule has 0 unspecified atom stereocenters. The molecule has 0 amide bonds. The molecule has 0 saturated heterocycles. The molecule has 2 heteroatoms. The van der Waals surface area contributed by atoms with Gasteiger partial charge in [0.25, 0.3) is 0 Å². The van der Waals surface area contributed by atoms with Gasteiger partial charge in [0.2, 0.25) is 0 Å². The van der Waals surface area contributed by atoms with E-state index in [2.05, 4.69) is 13.8 Å². The van der Waals surface area contributed by atoms with Crippen molar-refractivity contribution < 1.29 is 9.53 Å². The lowest BCUT2D eigenvalue weighted by Crippen LogP contribution is -2.06. The van der Waals surface area contributed by atoms with Crippen LogP contribution in [0.4, 0.5) is 0 Å². The minimum atomic E-state index is -0.198. The topological polar surface area (TPSA) is 26.3 Å². The first-order valence-electron chi connectivity index (χ1n) is 7.54. The summed E-state index contributed by atoms with van der Waals surface area (Å²) in [5.41, 5.74) is 1.90. The summed E-state index contributed by atoms with van der Waals surface area (Å²) in [6, 6.07) is 7.67. The van der Waals surface area contributed by atoms with Crippen molar-refractivity contribution in [3.05, 3.63) is 35.4 Å². The van der Waals surface area contributed by atoms with E-state index in [4.69, 9.17) is 4.74 Å². The van der Waals surface area contributed by atoms with E-state index in [0.29, 0.717) is 12.2 Å². The number of aryl methyl sites for hydroxylation is 1. The van der Waals surface area contributed by atoms with E-state index in [0.717, 1.165) is 19.3 Å². The SMILES string of the molecule is CCCCCCCCOC(=O)c1ccc(CC)cc1. The van der Waals surface area contributed by atoms with Crippen molar-refractivity contribution in [2.24, 2.45) is 0 Å². The summed E-state index contributed by atoms with van der Waals surface area (Å²) in [4.78, 5) is 11.8. The molecule has 2 nitrogen and oxygen atoms in total. The number of rotatable bonds is 9. The lowest BCUT2D eigenvalue weighted by Gasteiger charge is -2.05. The summed E-state index contributed by atoms with van der Waals surface area (Å²) in [6.07, 6.45) is 8.24. The Balaban J connectivity index is 2.16. The van der Waals surface area contributed by atoms with Gasteiger partial charge in [0, 0.05) is 0 Å². The Kier molecular flexibility index (Phi) is 7.95. The van der Waals surface area contributed by atoms with Gasteiger partial charge in [0.1, 0.15) is 0 Å². The van der Waals surface area contributed by atoms with Crippen LogP contribution in [0.3, 0.4) is 0 Å². The minimum Gasteiger partial charge on any atom is -0.462 e. The van der Waals surface area contributed by atoms with E-state index in [9.17, 15) is 4.79 Å². The molecule has 0 aliphatic heterocycles. The summed E-state index contributed by atoms with van der Waals surface area (Å²) in [5.74, 6) is -0.198. The van der Waals surface area contributed by atoms with Crippen molar-refractivity contribution in [2.45, 2.75) is 58.8 Å². The van der Waals surface area contributed by atoms with Crippen molar-refractivity contribution in [1.82, 2.24) is 0 Å². The van der Waals surface area contributed by atoms with Crippen LogP contribution in [-0.4, -0.2) is 12.6 Å². The highest BCUT2D eigenvalue weighted by Crippen LogP contribution is 2.08. The Morgan fingerprint density at radius 2 is 1.58 bits per heavy atom. The molecular weight excluding hydrogens is 236 g/mol. The first-order chi connectivity index (χ1) is 9.27. The Bertz CT molecular complexity index is 354. The molecule has 0 saturated carbocycles. The number of unbranched alkanes of at least 4 members (excludes halogenated alkanes) is 5. The maximum Gasteiger partial charge on any atom is 0.338 e. The number of benzene rings is 1. The molecule has 19 heavy (non-hydrogen) atoms. The fourth-order valence-corrected chi connectivity index (χ4v) is 2.01. The van der Waals surface area contributed by atoms with Gasteiger partial charge in [-0.1, -0.05) is 58.1 Å². The average Bonchev–Trinajstić information content (AvgIpc) is 2.46. The summed E-state index contributed by atoms with van der Waals surface area (Å²) in [6.45, 7) is 4.86. The third-order valence-corrected chi connectivity index (χ3v) is 3.33. The van der Waals surface area contributed by atoms with Crippen LogP contribution < -0.4 is 0 Å². The quantitative estimate of drug-likeness (QED) is 0.473. The molecule has 0 radical (unpaired) electrons. The zero-order valence-corrected chi connectivity index (χ0v) is 12.3. The standard InChI is InChI=1S/C17H26O2/c1-3-5-6-7-8-9-14-19-17(18)16-12-10-15(4-2)11-13-16/h10-13H,3-9,14H2,1-2H3. The van der Waals surface area contributed by atoms with Gasteiger partial charge in [-0.05, 0) is 30.5 Å². The maximum atomic E-state index is 11.8. The lowest BCUT2D eigenvalue weighted by molar-refractivity contribution is 0.0497. The number of carbonyl (C=O) groups excluding carboxylic acids is 1. The fourth-order valence-electron chi connectivity index (χ4n) is 2.01. The van der Waals surface area contributed by atoms with Gasteiger partial charge in [0.05, 0.1) is 12.2 Å². The summed E-state index contributed by atoms with van der Waals surface area (Å²) in [5, 5.41) is 0. The molecule has 0 N–H and O–H groups in total. The normalized spacial score (nSPS) is 10.4. The fraction of sp³-hybridized carbons (Fsp3) is 0.588. The van der Waals surface area contributed by atoms with Crippen LogP contribution in [-0.2, 0) is 11.2 Å². The van der Waals surface area contributed by atoms with Crippen molar-refractivity contribution in [1.29, 1.82) is 0 Å². The van der Waals surface area contributed by atoms with Crippen LogP contribution in [0.15, 0.2) is 24.3 Å². The third-order valence-electron chi connectivity index (χ3n) is 3.33. The average molecular weight is 262 g/mol. The molecule has 0 spiro atoms. The Morgan fingerprint density at radius 1 is 0.947 bits per heavy atom. The van der Waals surface area contributed by atoms with E-state index < -0.39 is 0 Å². The van der Waals surface area contributed by atoms with Crippen LogP contribution in [0, 0.1) is 0 Å². The number of ether oxygens (including phenoxy) is 1. The highest BCUT2D eigenvalue weighted by Gasteiger charge is 2.06. The lowest BCUT2D eigenvalue weighted by atomic mass is 10.1. The van der Waals surface area contributed by atoms with Gasteiger partial charge < -0.3 is 4.74 Å². The van der Waals surface area contributed by atoms with Gasteiger partial charge in [-0.3, -0.25) is 0 Å². The van der Waals surface area contributed by atoms with Crippen molar-refractivity contribution in [3.63, 3.8) is 0 Å². The van der Waals surface area contributed by atoms with Crippen LogP contribution in [0.25, 0.3) is 0 Å². The van der Waals surface area contributed by atoms with E-state index >= 15 is 0 Å². The zero-order chi connectivity index (χ0) is 13.9. The smallest absolute Gasteiger partial charge is 0.338 e. The largest absolute Gasteiger partial charge is 0.462 e. The molecular formula is C17H26O2. The van der Waals surface area contributed by atoms with Crippen molar-refractivity contribution >= 4 is 5.97 Å². The van der Waals surface area contributed by atoms with Crippen LogP contribution in [0.5, 0.6) is 0 Å². The van der Waals surface area contributed by atoms with E-state index in [-0.39, 0.29) is 5.97 Å². The molecule has 0 aromatic heterocycles. The monoisotopic (exact) mass is 262 g/mol. The van der Waals surface area contributed by atoms with Crippen LogP contribution in [0.1, 0.15) is 68.3 Å². The second-order valence-electron chi connectivity index (χ2n) is 4.95. The Morgan fingerprint density at radius 3 is 2.21 bits per heavy atom. The molecule has 0 aliphatic carbocycles. The molecule has 0 heterocycles. The minimum absolute atomic E-state index is 0.198. The predicted octanol–water partition coefficient (Wildman–Crippen LogP) is 4.77. The van der Waals surface area contributed by atoms with Gasteiger partial charge in [-0.2, -0.15) is 0 Å². The molecule has 1 rings (SSSR count). The van der Waals surface area contributed by atoms with Crippen molar-refractivity contribution in [2.75, 3.05) is 6.61 Å². The second-order valence-corrected chi connectivity index (χ2v) is 4.95. The van der Waals surface area contributed by atoms with E-state index in [1.54, 1.807) is 0 Å². The maximum absolute atomic E-state index is 11.8. The molecule has 0 fully saturated rings. The Hall–Kier alpha value is -1.31. The third kappa shape index (κ3) is 6.42. The molecule has 106 valence electrons. The molecule has 0 atom stereocenters. The number of hydrogen-bond acceptors (Lipinski definition) is 2. The molecule has 0 bridgehead atoms. The van der Waals surface area contributed by atoms with E-state index in [1.165, 1.54) is 31.2 Å². The summed E-state index contributed by atoms with van der Waals surface area (Å²) < 4.78 is 5.27. The number of hydrogen-bond donors (Lipinski definition) is 0. The molecule has 1 aromatic rings. The highest BCUT2D eigenvalue weighted by molar-refractivity contribution is 5.89.